The topological polar surface area (TPSA) is 133 Å². The molecular weight excluding hydrogens is 343 g/mol. The van der Waals surface area contributed by atoms with E-state index in [1.165, 1.54) is 18.5 Å². The number of halogens is 3. The van der Waals surface area contributed by atoms with Crippen molar-refractivity contribution in [2.75, 3.05) is 5.43 Å². The molecular formula is C13H10F3N7O2. The third kappa shape index (κ3) is 3.94. The number of aliphatic hydroxyl groups is 1. The molecule has 2 N–H and O–H groups in total. The highest BCUT2D eigenvalue weighted by Crippen LogP contribution is 2.30. The van der Waals surface area contributed by atoms with Gasteiger partial charge in [-0.15, -0.1) is 5.10 Å². The second kappa shape index (κ2) is 6.26. The first kappa shape index (κ1) is 18.0. The normalized spacial score (nSPS) is 13.6. The van der Waals surface area contributed by atoms with Gasteiger partial charge in [0.25, 0.3) is 5.91 Å². The Morgan fingerprint density at radius 2 is 2.04 bits per heavy atom. The van der Waals surface area contributed by atoms with Crippen LogP contribution in [-0.2, 0) is 17.5 Å². The first-order valence-corrected chi connectivity index (χ1v) is 6.60. The van der Waals surface area contributed by atoms with Crippen molar-refractivity contribution in [1.82, 2.24) is 19.7 Å². The molecule has 12 heteroatoms. The van der Waals surface area contributed by atoms with Gasteiger partial charge in [-0.1, -0.05) is 0 Å². The minimum Gasteiger partial charge on any atom is -0.378 e. The van der Waals surface area contributed by atoms with Crippen molar-refractivity contribution in [2.24, 2.45) is 0 Å². The third-order valence-electron chi connectivity index (χ3n) is 3.04. The molecule has 1 atom stereocenters. The van der Waals surface area contributed by atoms with Gasteiger partial charge in [-0.3, -0.25) is 9.48 Å². The average molecular weight is 353 g/mol. The van der Waals surface area contributed by atoms with Crippen molar-refractivity contribution < 1.29 is 23.1 Å². The highest BCUT2D eigenvalue weighted by Gasteiger charge is 2.38. The molecule has 0 radical (unpaired) electrons. The zero-order valence-corrected chi connectivity index (χ0v) is 12.6. The summed E-state index contributed by atoms with van der Waals surface area (Å²) in [6.45, 7) is 0.744. The van der Waals surface area contributed by atoms with Crippen LogP contribution in [0, 0.1) is 22.7 Å². The molecule has 0 aliphatic rings. The molecule has 130 valence electrons. The molecule has 0 aliphatic heterocycles. The molecule has 25 heavy (non-hydrogen) atoms. The monoisotopic (exact) mass is 353 g/mol. The highest BCUT2D eigenvalue weighted by molar-refractivity contribution is 5.91. The van der Waals surface area contributed by atoms with Gasteiger partial charge in [-0.05, 0) is 6.92 Å². The number of alkyl halides is 3. The van der Waals surface area contributed by atoms with E-state index in [1.54, 1.807) is 0 Å². The largest absolute Gasteiger partial charge is 0.436 e. The van der Waals surface area contributed by atoms with Gasteiger partial charge >= 0.3 is 6.18 Å². The number of amides is 1. The zero-order chi connectivity index (χ0) is 18.8. The van der Waals surface area contributed by atoms with Crippen LogP contribution in [0.15, 0.2) is 18.6 Å². The summed E-state index contributed by atoms with van der Waals surface area (Å²) in [5.41, 5.74) is -2.16. The number of carbonyl (C=O) groups is 1. The standard InChI is InChI=1S/C13H10F3N7O2/c1-12(25,7-22-5-8(2-17)4-19-22)11(24)21-23-6-9(3-18)10(20-23)13(14,15)16/h4-6,25H,7H2,1H3,(H,21,24)/t12-/m0/s1. The Labute approximate surface area is 138 Å². The van der Waals surface area contributed by atoms with Crippen LogP contribution in [-0.4, -0.2) is 36.3 Å². The van der Waals surface area contributed by atoms with Gasteiger partial charge in [0.15, 0.2) is 11.3 Å². The Morgan fingerprint density at radius 1 is 1.36 bits per heavy atom. The number of rotatable bonds is 4. The Morgan fingerprint density at radius 3 is 2.52 bits per heavy atom. The maximum Gasteiger partial charge on any atom is 0.436 e. The number of hydrogen-bond acceptors (Lipinski definition) is 6. The lowest BCUT2D eigenvalue weighted by molar-refractivity contribution is -0.142. The minimum atomic E-state index is -4.87. The molecule has 2 aromatic heterocycles. The van der Waals surface area contributed by atoms with Crippen molar-refractivity contribution in [3.8, 4) is 12.1 Å². The fourth-order valence-electron chi connectivity index (χ4n) is 1.84. The zero-order valence-electron chi connectivity index (χ0n) is 12.6. The summed E-state index contributed by atoms with van der Waals surface area (Å²) in [5.74, 6) is -1.08. The number of nitrogens with one attached hydrogen (secondary N) is 1. The molecule has 0 aliphatic carbocycles. The molecule has 0 spiro atoms. The molecule has 0 bridgehead atoms. The lowest BCUT2D eigenvalue weighted by Crippen LogP contribution is -2.46. The smallest absolute Gasteiger partial charge is 0.378 e. The third-order valence-corrected chi connectivity index (χ3v) is 3.04. The predicted octanol–water partition coefficient (Wildman–Crippen LogP) is 0.363. The van der Waals surface area contributed by atoms with Crippen molar-refractivity contribution in [3.05, 3.63) is 35.4 Å². The van der Waals surface area contributed by atoms with E-state index < -0.39 is 28.9 Å². The summed E-state index contributed by atoms with van der Waals surface area (Å²) in [4.78, 5) is 12.5. The van der Waals surface area contributed by atoms with Gasteiger partial charge in [0.1, 0.15) is 17.7 Å². The van der Waals surface area contributed by atoms with Crippen LogP contribution >= 0.6 is 0 Å². The second-order valence-corrected chi connectivity index (χ2v) is 5.20. The van der Waals surface area contributed by atoms with Gasteiger partial charge in [0.2, 0.25) is 0 Å². The second-order valence-electron chi connectivity index (χ2n) is 5.20. The van der Waals surface area contributed by atoms with Gasteiger partial charge in [0, 0.05) is 6.20 Å². The van der Waals surface area contributed by atoms with Crippen LogP contribution in [0.5, 0.6) is 0 Å². The van der Waals surface area contributed by atoms with Gasteiger partial charge in [0.05, 0.1) is 24.5 Å². The van der Waals surface area contributed by atoms with E-state index in [0.29, 0.717) is 11.0 Å². The molecule has 2 rings (SSSR count). The van der Waals surface area contributed by atoms with Crippen molar-refractivity contribution >= 4 is 5.91 Å². The lowest BCUT2D eigenvalue weighted by atomic mass is 10.1. The first-order chi connectivity index (χ1) is 11.6. The van der Waals surface area contributed by atoms with E-state index in [4.69, 9.17) is 10.5 Å². The van der Waals surface area contributed by atoms with E-state index in [9.17, 15) is 23.1 Å². The number of carbonyl (C=O) groups excluding carboxylic acids is 1. The van der Waals surface area contributed by atoms with Crippen LogP contribution in [0.25, 0.3) is 0 Å². The summed E-state index contributed by atoms with van der Waals surface area (Å²) in [6, 6.07) is 3.14. The predicted molar refractivity (Wildman–Crippen MR) is 73.9 cm³/mol. The summed E-state index contributed by atoms with van der Waals surface area (Å²) in [7, 11) is 0. The van der Waals surface area contributed by atoms with Gasteiger partial charge in [-0.2, -0.15) is 33.6 Å². The maximum atomic E-state index is 12.7. The maximum absolute atomic E-state index is 12.7. The van der Waals surface area contributed by atoms with Crippen molar-refractivity contribution in [3.63, 3.8) is 0 Å². The van der Waals surface area contributed by atoms with Crippen LogP contribution in [0.2, 0.25) is 0 Å². The fourth-order valence-corrected chi connectivity index (χ4v) is 1.84. The number of nitriles is 2. The SMILES string of the molecule is C[C@](O)(Cn1cc(C#N)cn1)C(=O)Nn1cc(C#N)c(C(F)(F)F)n1. The van der Waals surface area contributed by atoms with Crippen molar-refractivity contribution in [1.29, 1.82) is 10.5 Å². The van der Waals surface area contributed by atoms with E-state index >= 15 is 0 Å². The molecule has 9 nitrogen and oxygen atoms in total. The van der Waals surface area contributed by atoms with Crippen LogP contribution in [0.3, 0.4) is 0 Å². The van der Waals surface area contributed by atoms with E-state index in [0.717, 1.165) is 11.6 Å². The summed E-state index contributed by atoms with van der Waals surface area (Å²) in [6.07, 6.45) is -1.69. The minimum absolute atomic E-state index is 0.205. The molecule has 0 fully saturated rings. The molecule has 1 amide bonds. The average Bonchev–Trinajstić information content (AvgIpc) is 3.12. The number of hydrogen-bond donors (Lipinski definition) is 2. The molecule has 0 aromatic carbocycles. The van der Waals surface area contributed by atoms with Gasteiger partial charge in [-0.25, -0.2) is 5.43 Å². The van der Waals surface area contributed by atoms with E-state index in [-0.39, 0.29) is 12.1 Å². The first-order valence-electron chi connectivity index (χ1n) is 6.60. The Hall–Kier alpha value is -3.38. The van der Waals surface area contributed by atoms with E-state index in [2.05, 4.69) is 10.2 Å². The van der Waals surface area contributed by atoms with Crippen LogP contribution in [0.1, 0.15) is 23.7 Å². The highest BCUT2D eigenvalue weighted by atomic mass is 19.4. The summed E-state index contributed by atoms with van der Waals surface area (Å²) >= 11 is 0. The van der Waals surface area contributed by atoms with Crippen LogP contribution in [0.4, 0.5) is 13.2 Å². The molecule has 0 saturated heterocycles. The Balaban J connectivity index is 2.17. The molecule has 2 heterocycles. The number of nitrogens with zero attached hydrogens (tertiary/aromatic N) is 6. The molecule has 2 aromatic rings. The Bertz CT molecular complexity index is 883. The van der Waals surface area contributed by atoms with Gasteiger partial charge < -0.3 is 5.11 Å². The summed E-state index contributed by atoms with van der Waals surface area (Å²) < 4.78 is 39.3. The van der Waals surface area contributed by atoms with Crippen LogP contribution < -0.4 is 5.43 Å². The molecule has 0 saturated carbocycles. The Kier molecular flexibility index (Phi) is 4.50. The fraction of sp³-hybridized carbons (Fsp3) is 0.308. The number of aromatic nitrogens is 4. The van der Waals surface area contributed by atoms with Crippen molar-refractivity contribution in [2.45, 2.75) is 25.2 Å². The lowest BCUT2D eigenvalue weighted by Gasteiger charge is -2.21. The summed E-state index contributed by atoms with van der Waals surface area (Å²) in [5, 5.41) is 34.4. The molecule has 0 unspecified atom stereocenters. The van der Waals surface area contributed by atoms with E-state index in [1.807, 2.05) is 11.5 Å². The quantitative estimate of drug-likeness (QED) is 0.816.